The molecule has 0 aliphatic carbocycles. The summed E-state index contributed by atoms with van der Waals surface area (Å²) in [6.07, 6.45) is 1.10. The molecule has 8 heteroatoms. The monoisotopic (exact) mass is 303 g/mol. The van der Waals surface area contributed by atoms with Gasteiger partial charge in [0.1, 0.15) is 17.3 Å². The summed E-state index contributed by atoms with van der Waals surface area (Å²) >= 11 is 6.83. The molecule has 0 bridgehead atoms. The zero-order valence-corrected chi connectivity index (χ0v) is 11.8. The molecule has 1 aromatic heterocycles. The maximum Gasteiger partial charge on any atom is 0.254 e. The number of anilines is 1. The Morgan fingerprint density at radius 2 is 2.26 bits per heavy atom. The molecule has 0 aliphatic heterocycles. The fraction of sp³-hybridized carbons (Fsp3) is 0.364. The average molecular weight is 304 g/mol. The maximum atomic E-state index is 12.0. The predicted octanol–water partition coefficient (Wildman–Crippen LogP) is 0.807. The van der Waals surface area contributed by atoms with E-state index in [0.717, 1.165) is 11.3 Å². The van der Waals surface area contributed by atoms with Crippen LogP contribution in [-0.4, -0.2) is 31.2 Å². The average Bonchev–Trinajstić information content (AvgIpc) is 2.72. The smallest absolute Gasteiger partial charge is 0.254 e. The van der Waals surface area contributed by atoms with Crippen LogP contribution in [0, 0.1) is 0 Å². The molecule has 0 saturated heterocycles. The van der Waals surface area contributed by atoms with Gasteiger partial charge in [-0.3, -0.25) is 9.59 Å². The molecule has 1 atom stereocenters. The maximum absolute atomic E-state index is 12.0. The Morgan fingerprint density at radius 3 is 2.74 bits per heavy atom. The van der Waals surface area contributed by atoms with Crippen LogP contribution >= 0.6 is 22.9 Å². The first kappa shape index (κ1) is 15.5. The van der Waals surface area contributed by atoms with E-state index < -0.39 is 11.9 Å². The molecule has 1 unspecified atom stereocenters. The summed E-state index contributed by atoms with van der Waals surface area (Å²) in [5.74, 6) is -0.852. The van der Waals surface area contributed by atoms with Crippen LogP contribution in [0.15, 0.2) is 6.07 Å². The zero-order chi connectivity index (χ0) is 14.4. The van der Waals surface area contributed by atoms with E-state index in [1.165, 1.54) is 13.1 Å². The molecule has 104 valence electrons. The highest BCUT2D eigenvalue weighted by Crippen LogP contribution is 2.28. The number of nitrogens with two attached hydrogens (primary N) is 1. The second-order valence-corrected chi connectivity index (χ2v) is 5.43. The van der Waals surface area contributed by atoms with Crippen molar-refractivity contribution in [2.24, 2.45) is 0 Å². The van der Waals surface area contributed by atoms with Crippen molar-refractivity contribution < 1.29 is 14.4 Å². The van der Waals surface area contributed by atoms with Crippen molar-refractivity contribution in [1.29, 1.82) is 0 Å². The molecule has 4 N–H and O–H groups in total. The third-order valence-corrected chi connectivity index (χ3v) is 3.51. The number of rotatable bonds is 6. The van der Waals surface area contributed by atoms with Gasteiger partial charge in [-0.1, -0.05) is 11.6 Å². The minimum absolute atomic E-state index is 0.179. The fourth-order valence-corrected chi connectivity index (χ4v) is 2.47. The van der Waals surface area contributed by atoms with Crippen molar-refractivity contribution in [2.45, 2.75) is 18.9 Å². The fourth-order valence-electron chi connectivity index (χ4n) is 1.47. The summed E-state index contributed by atoms with van der Waals surface area (Å²) in [4.78, 5) is 33.9. The Bertz CT molecular complexity index is 490. The van der Waals surface area contributed by atoms with E-state index in [1.54, 1.807) is 0 Å². The normalized spacial score (nSPS) is 11.7. The van der Waals surface area contributed by atoms with E-state index in [1.807, 2.05) is 0 Å². The van der Waals surface area contributed by atoms with Gasteiger partial charge in [0.15, 0.2) is 0 Å². The third-order valence-electron chi connectivity index (χ3n) is 2.42. The van der Waals surface area contributed by atoms with Gasteiger partial charge in [0.2, 0.25) is 5.91 Å². The summed E-state index contributed by atoms with van der Waals surface area (Å²) in [7, 11) is 1.46. The lowest BCUT2D eigenvalue weighted by Gasteiger charge is -2.15. The largest absolute Gasteiger partial charge is 0.390 e. The molecule has 1 heterocycles. The highest BCUT2D eigenvalue weighted by Gasteiger charge is 2.22. The highest BCUT2D eigenvalue weighted by molar-refractivity contribution is 7.20. The summed E-state index contributed by atoms with van der Waals surface area (Å²) in [6, 6.07) is 0.665. The third kappa shape index (κ3) is 4.22. The van der Waals surface area contributed by atoms with E-state index in [-0.39, 0.29) is 29.3 Å². The van der Waals surface area contributed by atoms with Crippen LogP contribution < -0.4 is 16.4 Å². The second-order valence-electron chi connectivity index (χ2n) is 3.71. The minimum atomic E-state index is -0.777. The van der Waals surface area contributed by atoms with Gasteiger partial charge in [0, 0.05) is 13.5 Å². The Morgan fingerprint density at radius 1 is 1.58 bits per heavy atom. The van der Waals surface area contributed by atoms with Crippen LogP contribution in [0.5, 0.6) is 0 Å². The molecular formula is C11H14ClN3O3S. The molecule has 1 rings (SSSR count). The molecule has 0 aliphatic rings. The summed E-state index contributed by atoms with van der Waals surface area (Å²) in [6.45, 7) is 0. The van der Waals surface area contributed by atoms with Crippen LogP contribution in [0.25, 0.3) is 0 Å². The Balaban J connectivity index is 2.78. The number of nitrogen functional groups attached to an aromatic ring is 1. The number of halogens is 1. The lowest BCUT2D eigenvalue weighted by Crippen LogP contribution is -2.45. The number of amides is 2. The van der Waals surface area contributed by atoms with Crippen molar-refractivity contribution in [1.82, 2.24) is 10.6 Å². The Hall–Kier alpha value is -1.60. The van der Waals surface area contributed by atoms with Gasteiger partial charge >= 0.3 is 0 Å². The van der Waals surface area contributed by atoms with Crippen molar-refractivity contribution in [2.75, 3.05) is 12.8 Å². The highest BCUT2D eigenvalue weighted by atomic mass is 35.5. The van der Waals surface area contributed by atoms with Crippen LogP contribution in [0.4, 0.5) is 5.00 Å². The number of carbonyl (C=O) groups excluding carboxylic acids is 3. The van der Waals surface area contributed by atoms with E-state index in [4.69, 9.17) is 17.3 Å². The number of aldehydes is 1. The van der Waals surface area contributed by atoms with E-state index >= 15 is 0 Å². The van der Waals surface area contributed by atoms with Crippen LogP contribution in [0.2, 0.25) is 4.34 Å². The molecule has 0 aromatic carbocycles. The van der Waals surface area contributed by atoms with Gasteiger partial charge in [-0.25, -0.2) is 0 Å². The Labute approximate surface area is 119 Å². The van der Waals surface area contributed by atoms with Gasteiger partial charge in [0.05, 0.1) is 9.90 Å². The molecule has 19 heavy (non-hydrogen) atoms. The van der Waals surface area contributed by atoms with Gasteiger partial charge < -0.3 is 21.2 Å². The van der Waals surface area contributed by atoms with E-state index in [9.17, 15) is 14.4 Å². The molecule has 0 spiro atoms. The SMILES string of the molecule is CNC(=O)C(CCC=O)NC(=O)c1cc(Cl)sc1N. The quantitative estimate of drug-likeness (QED) is 0.677. The lowest BCUT2D eigenvalue weighted by atomic mass is 10.1. The molecular weight excluding hydrogens is 290 g/mol. The summed E-state index contributed by atoms with van der Waals surface area (Å²) in [5.41, 5.74) is 5.87. The van der Waals surface area contributed by atoms with Crippen LogP contribution in [0.1, 0.15) is 23.2 Å². The zero-order valence-electron chi connectivity index (χ0n) is 10.2. The minimum Gasteiger partial charge on any atom is -0.390 e. The number of likely N-dealkylation sites (N-methyl/N-ethyl adjacent to an activating group) is 1. The topological polar surface area (TPSA) is 101 Å². The number of carbonyl (C=O) groups is 3. The predicted molar refractivity (Wildman–Crippen MR) is 74.4 cm³/mol. The number of nitrogens with one attached hydrogen (secondary N) is 2. The van der Waals surface area contributed by atoms with Crippen molar-refractivity contribution in [3.63, 3.8) is 0 Å². The Kier molecular flexibility index (Phi) is 5.78. The van der Waals surface area contributed by atoms with Gasteiger partial charge in [-0.05, 0) is 12.5 Å². The van der Waals surface area contributed by atoms with Crippen LogP contribution in [-0.2, 0) is 9.59 Å². The number of hydrogen-bond donors (Lipinski definition) is 3. The standard InChI is InChI=1S/C11H14ClN3O3S/c1-14-11(18)7(3-2-4-16)15-10(17)6-5-8(12)19-9(6)13/h4-5,7H,2-3,13H2,1H3,(H,14,18)(H,15,17). The molecule has 0 fully saturated rings. The summed E-state index contributed by atoms with van der Waals surface area (Å²) < 4.78 is 0.395. The van der Waals surface area contributed by atoms with E-state index in [0.29, 0.717) is 10.6 Å². The van der Waals surface area contributed by atoms with Crippen molar-refractivity contribution >= 4 is 46.0 Å². The number of hydrogen-bond acceptors (Lipinski definition) is 5. The van der Waals surface area contributed by atoms with Gasteiger partial charge in [-0.2, -0.15) is 0 Å². The van der Waals surface area contributed by atoms with Gasteiger partial charge in [-0.15, -0.1) is 11.3 Å². The molecule has 6 nitrogen and oxygen atoms in total. The van der Waals surface area contributed by atoms with E-state index in [2.05, 4.69) is 10.6 Å². The van der Waals surface area contributed by atoms with Gasteiger partial charge in [0.25, 0.3) is 5.91 Å². The first-order chi connectivity index (χ1) is 8.99. The molecule has 0 saturated carbocycles. The summed E-state index contributed by atoms with van der Waals surface area (Å²) in [5, 5.41) is 5.24. The van der Waals surface area contributed by atoms with Crippen molar-refractivity contribution in [3.05, 3.63) is 16.0 Å². The second kappa shape index (κ2) is 7.10. The first-order valence-corrected chi connectivity index (χ1v) is 6.70. The molecule has 1 aromatic rings. The number of thiophene rings is 1. The van der Waals surface area contributed by atoms with Crippen LogP contribution in [0.3, 0.4) is 0 Å². The lowest BCUT2D eigenvalue weighted by molar-refractivity contribution is -0.122. The van der Waals surface area contributed by atoms with Crippen molar-refractivity contribution in [3.8, 4) is 0 Å². The molecule has 2 amide bonds. The first-order valence-electron chi connectivity index (χ1n) is 5.50. The molecule has 0 radical (unpaired) electrons.